The molecule has 1 N–H and O–H groups in total. The number of amides is 1. The summed E-state index contributed by atoms with van der Waals surface area (Å²) in [4.78, 5) is 25.1. The molecular formula is C13H15ClN2O2. The first kappa shape index (κ1) is 13.1. The summed E-state index contributed by atoms with van der Waals surface area (Å²) in [5, 5.41) is 3.69. The predicted molar refractivity (Wildman–Crippen MR) is 71.3 cm³/mol. The number of ketones is 1. The summed E-state index contributed by atoms with van der Waals surface area (Å²) in [6.45, 7) is 5.20. The van der Waals surface area contributed by atoms with Crippen LogP contribution in [-0.4, -0.2) is 30.8 Å². The van der Waals surface area contributed by atoms with E-state index in [4.69, 9.17) is 11.6 Å². The molecule has 0 bridgehead atoms. The SMILES string of the molecule is CC(C)NCCN1C(=O)C(=O)c2cc(Cl)ccc21. The molecule has 0 spiro atoms. The van der Waals surface area contributed by atoms with Gasteiger partial charge in [0.25, 0.3) is 11.7 Å². The van der Waals surface area contributed by atoms with Crippen molar-refractivity contribution in [1.82, 2.24) is 5.32 Å². The minimum atomic E-state index is -0.475. The third-order valence-electron chi connectivity index (χ3n) is 2.82. The van der Waals surface area contributed by atoms with Gasteiger partial charge in [-0.3, -0.25) is 9.59 Å². The highest BCUT2D eigenvalue weighted by Gasteiger charge is 2.35. The third kappa shape index (κ3) is 2.40. The van der Waals surface area contributed by atoms with E-state index in [0.29, 0.717) is 35.4 Å². The number of anilines is 1. The maximum atomic E-state index is 11.9. The van der Waals surface area contributed by atoms with Crippen molar-refractivity contribution in [3.05, 3.63) is 28.8 Å². The minimum absolute atomic E-state index is 0.350. The summed E-state index contributed by atoms with van der Waals surface area (Å²) in [6.07, 6.45) is 0. The molecule has 0 unspecified atom stereocenters. The van der Waals surface area contributed by atoms with Crippen molar-refractivity contribution in [3.63, 3.8) is 0 Å². The monoisotopic (exact) mass is 266 g/mol. The zero-order valence-corrected chi connectivity index (χ0v) is 11.1. The quantitative estimate of drug-likeness (QED) is 0.847. The van der Waals surface area contributed by atoms with Gasteiger partial charge in [0.15, 0.2) is 0 Å². The Morgan fingerprint density at radius 2 is 2.06 bits per heavy atom. The smallest absolute Gasteiger partial charge is 0.299 e. The number of rotatable bonds is 4. The zero-order chi connectivity index (χ0) is 13.3. The number of fused-ring (bicyclic) bond motifs is 1. The standard InChI is InChI=1S/C13H15ClN2O2/c1-8(2)15-5-6-16-11-4-3-9(14)7-10(11)12(17)13(16)18/h3-4,7-8,15H,5-6H2,1-2H3. The van der Waals surface area contributed by atoms with Crippen LogP contribution in [0.25, 0.3) is 0 Å². The molecule has 2 rings (SSSR count). The van der Waals surface area contributed by atoms with Gasteiger partial charge in [-0.05, 0) is 18.2 Å². The lowest BCUT2D eigenvalue weighted by atomic mass is 10.1. The molecule has 1 aromatic rings. The fraction of sp³-hybridized carbons (Fsp3) is 0.385. The Balaban J connectivity index is 2.18. The van der Waals surface area contributed by atoms with E-state index in [0.717, 1.165) is 0 Å². The summed E-state index contributed by atoms with van der Waals surface area (Å²) in [7, 11) is 0. The largest absolute Gasteiger partial charge is 0.313 e. The average Bonchev–Trinajstić information content (AvgIpc) is 2.54. The number of nitrogens with one attached hydrogen (secondary N) is 1. The summed E-state index contributed by atoms with van der Waals surface area (Å²) in [5.41, 5.74) is 1.05. The molecule has 18 heavy (non-hydrogen) atoms. The molecule has 1 aliphatic rings. The van der Waals surface area contributed by atoms with E-state index in [2.05, 4.69) is 5.32 Å². The molecule has 0 saturated carbocycles. The predicted octanol–water partition coefficient (Wildman–Crippen LogP) is 1.87. The second-order valence-electron chi connectivity index (χ2n) is 4.56. The van der Waals surface area contributed by atoms with Crippen molar-refractivity contribution in [2.24, 2.45) is 0 Å². The first-order chi connectivity index (χ1) is 8.50. The molecule has 1 aliphatic heterocycles. The molecule has 0 radical (unpaired) electrons. The molecule has 0 aromatic heterocycles. The van der Waals surface area contributed by atoms with Crippen LogP contribution < -0.4 is 10.2 Å². The Labute approximate surface area is 111 Å². The Bertz CT molecular complexity index is 500. The Morgan fingerprint density at radius 1 is 1.33 bits per heavy atom. The number of benzene rings is 1. The van der Waals surface area contributed by atoms with Gasteiger partial charge in [0.2, 0.25) is 0 Å². The first-order valence-electron chi connectivity index (χ1n) is 5.90. The Kier molecular flexibility index (Phi) is 3.68. The number of hydrogen-bond acceptors (Lipinski definition) is 3. The molecule has 0 atom stereocenters. The van der Waals surface area contributed by atoms with E-state index in [1.165, 1.54) is 4.90 Å². The number of Topliss-reactive ketones (excluding diaryl/α,β-unsaturated/α-hetero) is 1. The second-order valence-corrected chi connectivity index (χ2v) is 4.99. The number of halogens is 1. The summed E-state index contributed by atoms with van der Waals surface area (Å²) >= 11 is 5.84. The average molecular weight is 267 g/mol. The van der Waals surface area contributed by atoms with Gasteiger partial charge in [-0.2, -0.15) is 0 Å². The van der Waals surface area contributed by atoms with Gasteiger partial charge in [-0.1, -0.05) is 25.4 Å². The highest BCUT2D eigenvalue weighted by atomic mass is 35.5. The molecule has 0 fully saturated rings. The fourth-order valence-electron chi connectivity index (χ4n) is 1.96. The van der Waals surface area contributed by atoms with Crippen LogP contribution in [-0.2, 0) is 4.79 Å². The van der Waals surface area contributed by atoms with Crippen molar-refractivity contribution in [3.8, 4) is 0 Å². The Morgan fingerprint density at radius 3 is 2.72 bits per heavy atom. The molecule has 96 valence electrons. The van der Waals surface area contributed by atoms with Gasteiger partial charge >= 0.3 is 0 Å². The molecular weight excluding hydrogens is 252 g/mol. The molecule has 0 aliphatic carbocycles. The van der Waals surface area contributed by atoms with E-state index < -0.39 is 11.7 Å². The van der Waals surface area contributed by atoms with Gasteiger partial charge in [-0.25, -0.2) is 0 Å². The van der Waals surface area contributed by atoms with Crippen molar-refractivity contribution in [2.75, 3.05) is 18.0 Å². The Hall–Kier alpha value is -1.39. The van der Waals surface area contributed by atoms with Crippen LogP contribution >= 0.6 is 11.6 Å². The van der Waals surface area contributed by atoms with E-state index in [-0.39, 0.29) is 0 Å². The van der Waals surface area contributed by atoms with Crippen molar-refractivity contribution < 1.29 is 9.59 Å². The lowest BCUT2D eigenvalue weighted by molar-refractivity contribution is -0.114. The number of nitrogens with zero attached hydrogens (tertiary/aromatic N) is 1. The number of hydrogen-bond donors (Lipinski definition) is 1. The normalized spacial score (nSPS) is 14.6. The van der Waals surface area contributed by atoms with Crippen LogP contribution in [0.3, 0.4) is 0 Å². The maximum Gasteiger partial charge on any atom is 0.299 e. The van der Waals surface area contributed by atoms with Crippen molar-refractivity contribution in [2.45, 2.75) is 19.9 Å². The first-order valence-corrected chi connectivity index (χ1v) is 6.27. The topological polar surface area (TPSA) is 49.4 Å². The molecule has 5 heteroatoms. The number of carbonyl (C=O) groups is 2. The highest BCUT2D eigenvalue weighted by Crippen LogP contribution is 2.30. The van der Waals surface area contributed by atoms with Crippen LogP contribution in [0.15, 0.2) is 18.2 Å². The van der Waals surface area contributed by atoms with E-state index in [1.54, 1.807) is 18.2 Å². The van der Waals surface area contributed by atoms with Crippen LogP contribution in [0.1, 0.15) is 24.2 Å². The van der Waals surface area contributed by atoms with Gasteiger partial charge in [0, 0.05) is 24.2 Å². The summed E-state index contributed by atoms with van der Waals surface area (Å²) in [6, 6.07) is 5.31. The van der Waals surface area contributed by atoms with Gasteiger partial charge < -0.3 is 10.2 Å². The molecule has 4 nitrogen and oxygen atoms in total. The van der Waals surface area contributed by atoms with E-state index >= 15 is 0 Å². The molecule has 0 saturated heterocycles. The molecule has 1 amide bonds. The fourth-order valence-corrected chi connectivity index (χ4v) is 2.13. The van der Waals surface area contributed by atoms with Crippen LogP contribution in [0, 0.1) is 0 Å². The maximum absolute atomic E-state index is 11.9. The van der Waals surface area contributed by atoms with Crippen molar-refractivity contribution in [1.29, 1.82) is 0 Å². The summed E-state index contributed by atoms with van der Waals surface area (Å²) in [5.74, 6) is -0.949. The third-order valence-corrected chi connectivity index (χ3v) is 3.06. The molecule has 1 aromatic carbocycles. The van der Waals surface area contributed by atoms with E-state index in [9.17, 15) is 9.59 Å². The van der Waals surface area contributed by atoms with Gasteiger partial charge in [0.05, 0.1) is 11.3 Å². The van der Waals surface area contributed by atoms with Crippen molar-refractivity contribution >= 4 is 29.0 Å². The van der Waals surface area contributed by atoms with Crippen LogP contribution in [0.2, 0.25) is 5.02 Å². The molecule has 1 heterocycles. The van der Waals surface area contributed by atoms with Crippen LogP contribution in [0.5, 0.6) is 0 Å². The highest BCUT2D eigenvalue weighted by molar-refractivity contribution is 6.52. The van der Waals surface area contributed by atoms with Crippen LogP contribution in [0.4, 0.5) is 5.69 Å². The van der Waals surface area contributed by atoms with Gasteiger partial charge in [0.1, 0.15) is 0 Å². The second kappa shape index (κ2) is 5.08. The zero-order valence-electron chi connectivity index (χ0n) is 10.4. The lowest BCUT2D eigenvalue weighted by Crippen LogP contribution is -2.37. The van der Waals surface area contributed by atoms with E-state index in [1.807, 2.05) is 13.8 Å². The summed E-state index contributed by atoms with van der Waals surface area (Å²) < 4.78 is 0. The van der Waals surface area contributed by atoms with Gasteiger partial charge in [-0.15, -0.1) is 0 Å². The lowest BCUT2D eigenvalue weighted by Gasteiger charge is -2.17. The number of carbonyl (C=O) groups excluding carboxylic acids is 2. The minimum Gasteiger partial charge on any atom is -0.313 e.